The van der Waals surface area contributed by atoms with E-state index in [1.165, 1.54) is 0 Å². The number of carbonyl (C=O) groups excluding carboxylic acids is 3. The molecule has 4 amide bonds. The van der Waals surface area contributed by atoms with Crippen LogP contribution >= 0.6 is 11.6 Å². The average molecular weight is 386 g/mol. The zero-order valence-corrected chi connectivity index (χ0v) is 16.1. The second kappa shape index (κ2) is 7.04. The molecule has 6 nitrogen and oxygen atoms in total. The van der Waals surface area contributed by atoms with Crippen LogP contribution in [-0.2, 0) is 15.1 Å². The molecule has 2 N–H and O–H groups in total. The summed E-state index contributed by atoms with van der Waals surface area (Å²) in [5.74, 6) is -0.965. The van der Waals surface area contributed by atoms with Gasteiger partial charge in [-0.15, -0.1) is 0 Å². The van der Waals surface area contributed by atoms with E-state index in [4.69, 9.17) is 11.6 Å². The number of imide groups is 1. The van der Waals surface area contributed by atoms with Crippen molar-refractivity contribution in [3.63, 3.8) is 0 Å². The third-order valence-corrected chi connectivity index (χ3v) is 5.20. The summed E-state index contributed by atoms with van der Waals surface area (Å²) in [4.78, 5) is 38.6. The Labute approximate surface area is 162 Å². The fourth-order valence-corrected chi connectivity index (χ4v) is 3.43. The molecule has 1 aliphatic heterocycles. The van der Waals surface area contributed by atoms with Gasteiger partial charge in [0.25, 0.3) is 5.91 Å². The summed E-state index contributed by atoms with van der Waals surface area (Å²) in [6, 6.07) is 11.7. The highest BCUT2D eigenvalue weighted by Gasteiger charge is 2.50. The van der Waals surface area contributed by atoms with Crippen molar-refractivity contribution >= 4 is 35.1 Å². The smallest absolute Gasteiger partial charge is 0.324 e. The Morgan fingerprint density at radius 1 is 1.15 bits per heavy atom. The number of anilines is 1. The number of nitrogens with zero attached hydrogens (tertiary/aromatic N) is 1. The van der Waals surface area contributed by atoms with E-state index in [0.717, 1.165) is 16.0 Å². The number of hydrogen-bond acceptors (Lipinski definition) is 3. The Kier molecular flexibility index (Phi) is 4.93. The van der Waals surface area contributed by atoms with Gasteiger partial charge in [0.15, 0.2) is 0 Å². The second-order valence-corrected chi connectivity index (χ2v) is 7.13. The van der Waals surface area contributed by atoms with Crippen LogP contribution in [0.4, 0.5) is 10.5 Å². The summed E-state index contributed by atoms with van der Waals surface area (Å²) in [7, 11) is 0. The molecule has 0 saturated carbocycles. The first-order valence-electron chi connectivity index (χ1n) is 8.49. The SMILES string of the molecule is Cc1cccc(NC(=O)CN2C(=O)N[C@](C)(c3ccccc3Cl)C2=O)c1C. The van der Waals surface area contributed by atoms with E-state index in [-0.39, 0.29) is 6.54 Å². The van der Waals surface area contributed by atoms with Crippen molar-refractivity contribution in [2.45, 2.75) is 26.3 Å². The molecule has 0 bridgehead atoms. The summed E-state index contributed by atoms with van der Waals surface area (Å²) < 4.78 is 0. The molecule has 1 heterocycles. The number of nitrogens with one attached hydrogen (secondary N) is 2. The second-order valence-electron chi connectivity index (χ2n) is 6.72. The molecule has 1 aliphatic rings. The van der Waals surface area contributed by atoms with E-state index in [1.54, 1.807) is 37.3 Å². The molecule has 1 atom stereocenters. The number of carbonyl (C=O) groups is 3. The van der Waals surface area contributed by atoms with Crippen molar-refractivity contribution in [1.82, 2.24) is 10.2 Å². The van der Waals surface area contributed by atoms with Crippen LogP contribution in [0, 0.1) is 13.8 Å². The lowest BCUT2D eigenvalue weighted by molar-refractivity contribution is -0.133. The Hall–Kier alpha value is -2.86. The van der Waals surface area contributed by atoms with Crippen molar-refractivity contribution < 1.29 is 14.4 Å². The summed E-state index contributed by atoms with van der Waals surface area (Å²) in [5.41, 5.74) is 1.80. The third kappa shape index (κ3) is 3.40. The molecular formula is C20H20ClN3O3. The molecule has 7 heteroatoms. The van der Waals surface area contributed by atoms with Crippen molar-refractivity contribution in [2.24, 2.45) is 0 Å². The third-order valence-electron chi connectivity index (χ3n) is 4.87. The molecule has 3 rings (SSSR count). The molecule has 2 aromatic carbocycles. The minimum atomic E-state index is -1.31. The summed E-state index contributed by atoms with van der Waals surface area (Å²) in [6.07, 6.45) is 0. The van der Waals surface area contributed by atoms with Crippen LogP contribution in [0.15, 0.2) is 42.5 Å². The Balaban J connectivity index is 1.79. The van der Waals surface area contributed by atoms with Crippen molar-refractivity contribution in [3.8, 4) is 0 Å². The lowest BCUT2D eigenvalue weighted by atomic mass is 9.92. The fraction of sp³-hybridized carbons (Fsp3) is 0.250. The maximum Gasteiger partial charge on any atom is 0.325 e. The van der Waals surface area contributed by atoms with Gasteiger partial charge in [-0.1, -0.05) is 41.9 Å². The lowest BCUT2D eigenvalue weighted by Crippen LogP contribution is -2.42. The van der Waals surface area contributed by atoms with E-state index in [1.807, 2.05) is 26.0 Å². The van der Waals surface area contributed by atoms with Crippen LogP contribution in [0.5, 0.6) is 0 Å². The van der Waals surface area contributed by atoms with Gasteiger partial charge in [0.05, 0.1) is 0 Å². The van der Waals surface area contributed by atoms with Crippen molar-refractivity contribution in [1.29, 1.82) is 0 Å². The predicted octanol–water partition coefficient (Wildman–Crippen LogP) is 3.36. The van der Waals surface area contributed by atoms with Gasteiger partial charge in [-0.2, -0.15) is 0 Å². The first-order valence-corrected chi connectivity index (χ1v) is 8.87. The molecule has 0 aromatic heterocycles. The highest BCUT2D eigenvalue weighted by molar-refractivity contribution is 6.32. The number of hydrogen-bond donors (Lipinski definition) is 2. The Morgan fingerprint density at radius 3 is 2.56 bits per heavy atom. The van der Waals surface area contributed by atoms with Gasteiger partial charge in [-0.05, 0) is 44.0 Å². The largest absolute Gasteiger partial charge is 0.325 e. The molecule has 1 saturated heterocycles. The molecule has 27 heavy (non-hydrogen) atoms. The highest BCUT2D eigenvalue weighted by Crippen LogP contribution is 2.33. The van der Waals surface area contributed by atoms with Gasteiger partial charge in [-0.3, -0.25) is 14.5 Å². The van der Waals surface area contributed by atoms with Crippen LogP contribution in [0.1, 0.15) is 23.6 Å². The van der Waals surface area contributed by atoms with Crippen molar-refractivity contribution in [2.75, 3.05) is 11.9 Å². The topological polar surface area (TPSA) is 78.5 Å². The van der Waals surface area contributed by atoms with Gasteiger partial charge in [0.2, 0.25) is 5.91 Å². The molecule has 2 aromatic rings. The standard InChI is InChI=1S/C20H20ClN3O3/c1-12-7-6-10-16(13(12)2)22-17(25)11-24-18(26)20(3,23-19(24)27)14-8-4-5-9-15(14)21/h4-10H,11H2,1-3H3,(H,22,25)(H,23,27)/t20-/m1/s1. The van der Waals surface area contributed by atoms with Gasteiger partial charge in [0, 0.05) is 16.3 Å². The van der Waals surface area contributed by atoms with Crippen molar-refractivity contribution in [3.05, 3.63) is 64.2 Å². The monoisotopic (exact) mass is 385 g/mol. The number of urea groups is 1. The molecular weight excluding hydrogens is 366 g/mol. The number of aryl methyl sites for hydroxylation is 1. The fourth-order valence-electron chi connectivity index (χ4n) is 3.11. The van der Waals surface area contributed by atoms with Gasteiger partial charge >= 0.3 is 6.03 Å². The van der Waals surface area contributed by atoms with E-state index < -0.39 is 23.4 Å². The molecule has 1 fully saturated rings. The first-order chi connectivity index (χ1) is 12.7. The number of benzene rings is 2. The summed E-state index contributed by atoms with van der Waals surface area (Å²) in [6.45, 7) is 5.04. The lowest BCUT2D eigenvalue weighted by Gasteiger charge is -2.23. The van der Waals surface area contributed by atoms with E-state index in [2.05, 4.69) is 10.6 Å². The van der Waals surface area contributed by atoms with E-state index in [0.29, 0.717) is 16.3 Å². The molecule has 0 aliphatic carbocycles. The summed E-state index contributed by atoms with van der Waals surface area (Å²) in [5, 5.41) is 5.78. The molecule has 140 valence electrons. The molecule has 0 spiro atoms. The summed E-state index contributed by atoms with van der Waals surface area (Å²) >= 11 is 6.20. The minimum Gasteiger partial charge on any atom is -0.324 e. The molecule has 0 radical (unpaired) electrons. The normalized spacial score (nSPS) is 19.2. The first kappa shape index (κ1) is 18.9. The molecule has 0 unspecified atom stereocenters. The Morgan fingerprint density at radius 2 is 1.85 bits per heavy atom. The van der Waals surface area contributed by atoms with Crippen LogP contribution in [-0.4, -0.2) is 29.3 Å². The maximum absolute atomic E-state index is 12.9. The van der Waals surface area contributed by atoms with Gasteiger partial charge in [-0.25, -0.2) is 4.79 Å². The van der Waals surface area contributed by atoms with Gasteiger partial charge < -0.3 is 10.6 Å². The van der Waals surface area contributed by atoms with Crippen LogP contribution < -0.4 is 10.6 Å². The van der Waals surface area contributed by atoms with Gasteiger partial charge in [0.1, 0.15) is 12.1 Å². The predicted molar refractivity (Wildman–Crippen MR) is 104 cm³/mol. The zero-order chi connectivity index (χ0) is 19.8. The quantitative estimate of drug-likeness (QED) is 0.792. The Bertz CT molecular complexity index is 944. The van der Waals surface area contributed by atoms with E-state index in [9.17, 15) is 14.4 Å². The van der Waals surface area contributed by atoms with Crippen LogP contribution in [0.2, 0.25) is 5.02 Å². The average Bonchev–Trinajstić information content (AvgIpc) is 2.83. The van der Waals surface area contributed by atoms with Crippen LogP contribution in [0.3, 0.4) is 0 Å². The zero-order valence-electron chi connectivity index (χ0n) is 15.3. The number of rotatable bonds is 4. The number of amides is 4. The maximum atomic E-state index is 12.9. The van der Waals surface area contributed by atoms with Crippen LogP contribution in [0.25, 0.3) is 0 Å². The van der Waals surface area contributed by atoms with E-state index >= 15 is 0 Å². The minimum absolute atomic E-state index is 0.371. The highest BCUT2D eigenvalue weighted by atomic mass is 35.5. The number of halogens is 1.